The van der Waals surface area contributed by atoms with E-state index in [0.29, 0.717) is 39.7 Å². The van der Waals surface area contributed by atoms with Crippen molar-refractivity contribution in [3.05, 3.63) is 51.8 Å². The van der Waals surface area contributed by atoms with Gasteiger partial charge in [0, 0.05) is 11.1 Å². The molecule has 2 aromatic rings. The molecule has 2 rings (SSSR count). The molecule has 0 aromatic heterocycles. The highest BCUT2D eigenvalue weighted by molar-refractivity contribution is 6.39. The number of unbranched alkanes of at least 4 members (excludes halogenated alkanes) is 1. The molecule has 21 heavy (non-hydrogen) atoms. The Morgan fingerprint density at radius 1 is 1.10 bits per heavy atom. The Bertz CT molecular complexity index is 626. The van der Waals surface area contributed by atoms with Gasteiger partial charge >= 0.3 is 0 Å². The summed E-state index contributed by atoms with van der Waals surface area (Å²) in [6.45, 7) is 0.569. The normalized spacial score (nSPS) is 10.9. The molecule has 0 heterocycles. The van der Waals surface area contributed by atoms with E-state index in [2.05, 4.69) is 0 Å². The maximum absolute atomic E-state index is 13.8. The maximum Gasteiger partial charge on any atom is 0.126 e. The number of phenols is 1. The fourth-order valence-electron chi connectivity index (χ4n) is 2.25. The lowest BCUT2D eigenvalue weighted by atomic mass is 9.98. The number of rotatable bonds is 5. The molecule has 0 fully saturated rings. The van der Waals surface area contributed by atoms with Crippen LogP contribution in [0, 0.1) is 5.82 Å². The van der Waals surface area contributed by atoms with Gasteiger partial charge in [-0.2, -0.15) is 0 Å². The molecule has 0 atom stereocenters. The Kier molecular flexibility index (Phi) is 5.45. The van der Waals surface area contributed by atoms with Crippen LogP contribution in [-0.4, -0.2) is 11.7 Å². The van der Waals surface area contributed by atoms with Gasteiger partial charge in [0.25, 0.3) is 0 Å². The Balaban J connectivity index is 2.49. The minimum Gasteiger partial charge on any atom is -0.507 e. The van der Waals surface area contributed by atoms with Crippen molar-refractivity contribution in [1.29, 1.82) is 0 Å². The molecule has 0 aliphatic carbocycles. The fraction of sp³-hybridized carbons (Fsp3) is 0.250. The summed E-state index contributed by atoms with van der Waals surface area (Å²) in [5.74, 6) is -0.412. The van der Waals surface area contributed by atoms with Gasteiger partial charge in [-0.3, -0.25) is 0 Å². The van der Waals surface area contributed by atoms with E-state index in [1.165, 1.54) is 12.1 Å². The van der Waals surface area contributed by atoms with Gasteiger partial charge in [0.2, 0.25) is 0 Å². The summed E-state index contributed by atoms with van der Waals surface area (Å²) in [5, 5.41) is 11.1. The Labute approximate surface area is 133 Å². The minimum absolute atomic E-state index is 0.0171. The second-order valence-electron chi connectivity index (χ2n) is 4.80. The number of nitrogens with two attached hydrogens (primary N) is 1. The van der Waals surface area contributed by atoms with Crippen molar-refractivity contribution in [2.45, 2.75) is 19.3 Å². The second-order valence-corrected chi connectivity index (χ2v) is 5.62. The molecule has 0 unspecified atom stereocenters. The zero-order chi connectivity index (χ0) is 15.4. The van der Waals surface area contributed by atoms with Crippen LogP contribution in [0.5, 0.6) is 5.75 Å². The second kappa shape index (κ2) is 7.12. The molecule has 0 saturated carbocycles. The van der Waals surface area contributed by atoms with Gasteiger partial charge in [-0.05, 0) is 55.6 Å². The maximum atomic E-state index is 13.8. The van der Waals surface area contributed by atoms with Gasteiger partial charge < -0.3 is 10.8 Å². The van der Waals surface area contributed by atoms with Gasteiger partial charge in [-0.15, -0.1) is 0 Å². The predicted octanol–water partition coefficient (Wildman–Crippen LogP) is 4.79. The summed E-state index contributed by atoms with van der Waals surface area (Å²) in [4.78, 5) is 0. The largest absolute Gasteiger partial charge is 0.507 e. The van der Waals surface area contributed by atoms with E-state index in [4.69, 9.17) is 28.9 Å². The first-order valence-corrected chi connectivity index (χ1v) is 7.46. The number of hydrogen-bond donors (Lipinski definition) is 2. The lowest BCUT2D eigenvalue weighted by Crippen LogP contribution is -1.99. The van der Waals surface area contributed by atoms with E-state index < -0.39 is 5.82 Å². The summed E-state index contributed by atoms with van der Waals surface area (Å²) in [5.41, 5.74) is 6.74. The molecular formula is C16H16Cl2FNO. The van der Waals surface area contributed by atoms with E-state index >= 15 is 0 Å². The van der Waals surface area contributed by atoms with Crippen LogP contribution in [0.1, 0.15) is 18.4 Å². The molecule has 0 bridgehead atoms. The first-order valence-electron chi connectivity index (χ1n) is 6.70. The van der Waals surface area contributed by atoms with Crippen LogP contribution in [0.2, 0.25) is 10.0 Å². The highest BCUT2D eigenvalue weighted by atomic mass is 35.5. The van der Waals surface area contributed by atoms with Gasteiger partial charge in [0.05, 0.1) is 10.0 Å². The standard InChI is InChI=1S/C16H16Cl2FNO/c17-13-5-3-6-14(18)15(13)12-9-11(19)8-10(16(12)21)4-1-2-7-20/h3,5-6,8-9,21H,1-2,4,7,20H2. The SMILES string of the molecule is NCCCCc1cc(F)cc(-c2c(Cl)cccc2Cl)c1O. The van der Waals surface area contributed by atoms with Gasteiger partial charge in [0.1, 0.15) is 11.6 Å². The van der Waals surface area contributed by atoms with Crippen molar-refractivity contribution in [2.75, 3.05) is 6.54 Å². The van der Waals surface area contributed by atoms with Crippen LogP contribution < -0.4 is 5.73 Å². The molecule has 0 aliphatic heterocycles. The Morgan fingerprint density at radius 3 is 2.38 bits per heavy atom. The number of aryl methyl sites for hydroxylation is 1. The first-order chi connectivity index (χ1) is 10.0. The molecule has 0 spiro atoms. The first kappa shape index (κ1) is 16.1. The summed E-state index contributed by atoms with van der Waals surface area (Å²) in [6.07, 6.45) is 2.15. The smallest absolute Gasteiger partial charge is 0.126 e. The highest BCUT2D eigenvalue weighted by Gasteiger charge is 2.16. The van der Waals surface area contributed by atoms with Crippen molar-refractivity contribution in [1.82, 2.24) is 0 Å². The summed E-state index contributed by atoms with van der Waals surface area (Å²) in [7, 11) is 0. The number of benzene rings is 2. The summed E-state index contributed by atoms with van der Waals surface area (Å²) >= 11 is 12.3. The highest BCUT2D eigenvalue weighted by Crippen LogP contribution is 2.41. The zero-order valence-corrected chi connectivity index (χ0v) is 12.9. The van der Waals surface area contributed by atoms with Crippen molar-refractivity contribution in [3.63, 3.8) is 0 Å². The van der Waals surface area contributed by atoms with E-state index in [9.17, 15) is 9.50 Å². The van der Waals surface area contributed by atoms with Crippen molar-refractivity contribution in [2.24, 2.45) is 5.73 Å². The quantitative estimate of drug-likeness (QED) is 0.776. The van der Waals surface area contributed by atoms with Crippen molar-refractivity contribution >= 4 is 23.2 Å². The van der Waals surface area contributed by atoms with Crippen LogP contribution in [0.15, 0.2) is 30.3 Å². The van der Waals surface area contributed by atoms with Crippen LogP contribution >= 0.6 is 23.2 Å². The Morgan fingerprint density at radius 2 is 1.76 bits per heavy atom. The number of phenolic OH excluding ortho intramolecular Hbond substituents is 1. The molecular weight excluding hydrogens is 312 g/mol. The topological polar surface area (TPSA) is 46.2 Å². The van der Waals surface area contributed by atoms with E-state index in [0.717, 1.165) is 12.8 Å². The van der Waals surface area contributed by atoms with Crippen molar-refractivity contribution < 1.29 is 9.50 Å². The summed E-state index contributed by atoms with van der Waals surface area (Å²) < 4.78 is 13.8. The average molecular weight is 328 g/mol. The third-order valence-electron chi connectivity index (χ3n) is 3.29. The number of hydrogen-bond acceptors (Lipinski definition) is 2. The van der Waals surface area contributed by atoms with E-state index in [1.54, 1.807) is 18.2 Å². The molecule has 2 nitrogen and oxygen atoms in total. The van der Waals surface area contributed by atoms with Gasteiger partial charge in [0.15, 0.2) is 0 Å². The number of aromatic hydroxyl groups is 1. The fourth-order valence-corrected chi connectivity index (χ4v) is 2.85. The van der Waals surface area contributed by atoms with E-state index in [-0.39, 0.29) is 5.75 Å². The van der Waals surface area contributed by atoms with Crippen molar-refractivity contribution in [3.8, 4) is 16.9 Å². The number of halogens is 3. The molecule has 112 valence electrons. The predicted molar refractivity (Wildman–Crippen MR) is 85.5 cm³/mol. The zero-order valence-electron chi connectivity index (χ0n) is 11.4. The van der Waals surface area contributed by atoms with Crippen LogP contribution in [0.4, 0.5) is 4.39 Å². The summed E-state index contributed by atoms with van der Waals surface area (Å²) in [6, 6.07) is 7.59. The van der Waals surface area contributed by atoms with Crippen LogP contribution in [-0.2, 0) is 6.42 Å². The molecule has 0 aliphatic rings. The molecule has 2 aromatic carbocycles. The van der Waals surface area contributed by atoms with Crippen LogP contribution in [0.3, 0.4) is 0 Å². The lowest BCUT2D eigenvalue weighted by Gasteiger charge is -2.13. The monoisotopic (exact) mass is 327 g/mol. The minimum atomic E-state index is -0.429. The molecule has 0 amide bonds. The Hall–Kier alpha value is -1.29. The third kappa shape index (κ3) is 3.67. The van der Waals surface area contributed by atoms with E-state index in [1.807, 2.05) is 0 Å². The van der Waals surface area contributed by atoms with Gasteiger partial charge in [-0.1, -0.05) is 29.3 Å². The molecule has 0 saturated heterocycles. The average Bonchev–Trinajstić information content (AvgIpc) is 2.43. The van der Waals surface area contributed by atoms with Gasteiger partial charge in [-0.25, -0.2) is 4.39 Å². The molecule has 5 heteroatoms. The van der Waals surface area contributed by atoms with Crippen LogP contribution in [0.25, 0.3) is 11.1 Å². The molecule has 0 radical (unpaired) electrons. The molecule has 3 N–H and O–H groups in total. The lowest BCUT2D eigenvalue weighted by molar-refractivity contribution is 0.466. The third-order valence-corrected chi connectivity index (χ3v) is 3.92.